The molecule has 1 heterocycles. The van der Waals surface area contributed by atoms with Gasteiger partial charge in [-0.15, -0.1) is 9.36 Å². The second kappa shape index (κ2) is 7.30. The van der Waals surface area contributed by atoms with Crippen LogP contribution in [0.1, 0.15) is 67.3 Å². The van der Waals surface area contributed by atoms with Crippen molar-refractivity contribution in [2.24, 2.45) is 7.05 Å². The predicted molar refractivity (Wildman–Crippen MR) is 113 cm³/mol. The molecule has 0 bridgehead atoms. The summed E-state index contributed by atoms with van der Waals surface area (Å²) in [5, 5.41) is 4.88. The Balaban J connectivity index is 2.25. The van der Waals surface area contributed by atoms with Gasteiger partial charge in [0.25, 0.3) is 0 Å². The van der Waals surface area contributed by atoms with Gasteiger partial charge >= 0.3 is 0 Å². The molecule has 27 heavy (non-hydrogen) atoms. The number of hydrogen-bond donors (Lipinski definition) is 0. The molecule has 0 fully saturated rings. The van der Waals surface area contributed by atoms with Gasteiger partial charge < -0.3 is 0 Å². The van der Waals surface area contributed by atoms with Gasteiger partial charge in [0.2, 0.25) is 0 Å². The van der Waals surface area contributed by atoms with Crippen molar-refractivity contribution in [1.29, 1.82) is 0 Å². The van der Waals surface area contributed by atoms with Crippen LogP contribution in [0.15, 0.2) is 36.5 Å². The van der Waals surface area contributed by atoms with Gasteiger partial charge in [0, 0.05) is 16.7 Å². The van der Waals surface area contributed by atoms with Gasteiger partial charge in [-0.3, -0.25) is 0 Å². The van der Waals surface area contributed by atoms with E-state index >= 15 is 0 Å². The largest absolute Gasteiger partial charge is 0.198 e. The summed E-state index contributed by atoms with van der Waals surface area (Å²) in [7, 11) is 2.04. The summed E-state index contributed by atoms with van der Waals surface area (Å²) < 4.78 is 4.09. The predicted octanol–water partition coefficient (Wildman–Crippen LogP) is 5.54. The molecule has 0 spiro atoms. The molecule has 3 aromatic rings. The van der Waals surface area contributed by atoms with E-state index in [0.29, 0.717) is 11.8 Å². The zero-order chi connectivity index (χ0) is 19.9. The molecule has 3 heteroatoms. The van der Waals surface area contributed by atoms with E-state index in [0.717, 1.165) is 5.69 Å². The van der Waals surface area contributed by atoms with Crippen molar-refractivity contribution in [2.45, 2.75) is 60.3 Å². The van der Waals surface area contributed by atoms with Crippen LogP contribution in [0.3, 0.4) is 0 Å². The highest BCUT2D eigenvalue weighted by Gasteiger charge is 2.25. The van der Waals surface area contributed by atoms with Crippen molar-refractivity contribution in [3.8, 4) is 16.9 Å². The van der Waals surface area contributed by atoms with E-state index in [2.05, 4.69) is 89.7 Å². The molecule has 0 aliphatic carbocycles. The Morgan fingerprint density at radius 1 is 0.889 bits per heavy atom. The fourth-order valence-corrected chi connectivity index (χ4v) is 4.11. The smallest absolute Gasteiger partial charge is 0.132 e. The summed E-state index contributed by atoms with van der Waals surface area (Å²) in [4.78, 5) is 0. The topological polar surface area (TPSA) is 21.7 Å². The van der Waals surface area contributed by atoms with Crippen molar-refractivity contribution in [2.75, 3.05) is 0 Å². The van der Waals surface area contributed by atoms with Crippen LogP contribution in [-0.2, 0) is 7.05 Å². The van der Waals surface area contributed by atoms with Crippen LogP contribution in [-0.4, -0.2) is 9.90 Å². The van der Waals surface area contributed by atoms with Crippen molar-refractivity contribution in [1.82, 2.24) is 9.90 Å². The van der Waals surface area contributed by atoms with E-state index in [4.69, 9.17) is 5.21 Å². The molecule has 2 aromatic carbocycles. The van der Waals surface area contributed by atoms with Crippen molar-refractivity contribution in [3.63, 3.8) is 0 Å². The summed E-state index contributed by atoms with van der Waals surface area (Å²) in [6, 6.07) is 11.1. The average molecular weight is 363 g/mol. The number of para-hydroxylation sites is 1. The zero-order valence-electron chi connectivity index (χ0n) is 18.0. The standard InChI is InChI=1S/C24H32N3/c1-15(2)20-10-9-11-21(16(3)4)24(20)27-14-22(26(8)25-27)23-18(6)12-17(5)13-19(23)7/h9-16H,1-8H3/q+1. The van der Waals surface area contributed by atoms with E-state index in [1.54, 1.807) is 0 Å². The molecular formula is C24H32N3+. The third kappa shape index (κ3) is 3.55. The first-order chi connectivity index (χ1) is 12.7. The van der Waals surface area contributed by atoms with Gasteiger partial charge in [0.1, 0.15) is 7.05 Å². The molecule has 0 radical (unpaired) electrons. The lowest BCUT2D eigenvalue weighted by atomic mass is 9.92. The molecule has 0 atom stereocenters. The monoisotopic (exact) mass is 362 g/mol. The maximum Gasteiger partial charge on any atom is 0.198 e. The third-order valence-electron chi connectivity index (χ3n) is 5.33. The number of nitrogens with zero attached hydrogens (tertiary/aromatic N) is 3. The van der Waals surface area contributed by atoms with Gasteiger partial charge in [-0.25, -0.2) is 0 Å². The second-order valence-electron chi connectivity index (χ2n) is 8.34. The van der Waals surface area contributed by atoms with Crippen LogP contribution >= 0.6 is 0 Å². The highest BCUT2D eigenvalue weighted by atomic mass is 15.5. The first-order valence-electron chi connectivity index (χ1n) is 9.88. The van der Waals surface area contributed by atoms with Gasteiger partial charge in [-0.2, -0.15) is 0 Å². The lowest BCUT2D eigenvalue weighted by molar-refractivity contribution is -0.662. The zero-order valence-corrected chi connectivity index (χ0v) is 18.0. The molecule has 3 nitrogen and oxygen atoms in total. The third-order valence-corrected chi connectivity index (χ3v) is 5.33. The molecule has 142 valence electrons. The summed E-state index contributed by atoms with van der Waals surface area (Å²) in [6.45, 7) is 15.5. The molecule has 0 saturated heterocycles. The Hall–Kier alpha value is -2.42. The Kier molecular flexibility index (Phi) is 5.23. The summed E-state index contributed by atoms with van der Waals surface area (Å²) >= 11 is 0. The van der Waals surface area contributed by atoms with E-state index in [1.165, 1.54) is 39.1 Å². The maximum atomic E-state index is 4.88. The van der Waals surface area contributed by atoms with Crippen molar-refractivity contribution >= 4 is 0 Å². The summed E-state index contributed by atoms with van der Waals surface area (Å²) in [6.07, 6.45) is 2.19. The Bertz CT molecular complexity index is 928. The fourth-order valence-electron chi connectivity index (χ4n) is 4.11. The molecule has 0 saturated carbocycles. The molecule has 0 N–H and O–H groups in total. The minimum Gasteiger partial charge on any atom is -0.132 e. The first kappa shape index (κ1) is 19.3. The molecule has 0 aliphatic rings. The molecule has 0 amide bonds. The van der Waals surface area contributed by atoms with E-state index in [9.17, 15) is 0 Å². The Morgan fingerprint density at radius 3 is 1.89 bits per heavy atom. The average Bonchev–Trinajstić information content (AvgIpc) is 2.94. The lowest BCUT2D eigenvalue weighted by Crippen LogP contribution is -2.36. The Morgan fingerprint density at radius 2 is 1.41 bits per heavy atom. The quantitative estimate of drug-likeness (QED) is 0.559. The first-order valence-corrected chi connectivity index (χ1v) is 9.88. The van der Waals surface area contributed by atoms with Crippen LogP contribution < -0.4 is 4.68 Å². The molecular weight excluding hydrogens is 330 g/mol. The SMILES string of the molecule is Cc1cc(C)c(-c2c[n+](-c3c(C(C)C)cccc3C(C)C)nn2C)c(C)c1. The molecule has 1 aromatic heterocycles. The van der Waals surface area contributed by atoms with Crippen LogP contribution in [0.2, 0.25) is 0 Å². The van der Waals surface area contributed by atoms with Gasteiger partial charge in [-0.1, -0.05) is 63.6 Å². The van der Waals surface area contributed by atoms with Crippen LogP contribution in [0.5, 0.6) is 0 Å². The molecule has 0 unspecified atom stereocenters. The number of rotatable bonds is 4. The maximum absolute atomic E-state index is 4.88. The van der Waals surface area contributed by atoms with Crippen molar-refractivity contribution < 1.29 is 4.68 Å². The van der Waals surface area contributed by atoms with E-state index in [1.807, 2.05) is 11.7 Å². The molecule has 3 rings (SSSR count). The van der Waals surface area contributed by atoms with Gasteiger partial charge in [-0.05, 0) is 43.7 Å². The van der Waals surface area contributed by atoms with Crippen LogP contribution in [0, 0.1) is 20.8 Å². The van der Waals surface area contributed by atoms with Crippen LogP contribution in [0.4, 0.5) is 0 Å². The number of aromatic nitrogens is 3. The minimum atomic E-state index is 0.444. The van der Waals surface area contributed by atoms with Gasteiger partial charge in [0.15, 0.2) is 17.6 Å². The fraction of sp³-hybridized carbons (Fsp3) is 0.417. The van der Waals surface area contributed by atoms with Crippen molar-refractivity contribution in [3.05, 3.63) is 64.3 Å². The highest BCUT2D eigenvalue weighted by Crippen LogP contribution is 2.30. The normalized spacial score (nSPS) is 11.6. The number of benzene rings is 2. The highest BCUT2D eigenvalue weighted by molar-refractivity contribution is 5.67. The Labute approximate surface area is 163 Å². The van der Waals surface area contributed by atoms with E-state index < -0.39 is 0 Å². The minimum absolute atomic E-state index is 0.444. The van der Waals surface area contributed by atoms with E-state index in [-0.39, 0.29) is 0 Å². The summed E-state index contributed by atoms with van der Waals surface area (Å²) in [5.74, 6) is 0.888. The molecule has 0 aliphatic heterocycles. The summed E-state index contributed by atoms with van der Waals surface area (Å²) in [5.41, 5.74) is 10.2. The number of aryl methyl sites for hydroxylation is 4. The van der Waals surface area contributed by atoms with Gasteiger partial charge in [0.05, 0.1) is 5.21 Å². The number of hydrogen-bond acceptors (Lipinski definition) is 1. The second-order valence-corrected chi connectivity index (χ2v) is 8.34. The lowest BCUT2D eigenvalue weighted by Gasteiger charge is -2.15. The van der Waals surface area contributed by atoms with Crippen LogP contribution in [0.25, 0.3) is 16.9 Å².